The minimum absolute atomic E-state index is 0.208. The normalized spacial score (nSPS) is 26.1. The number of aromatic nitrogens is 2. The van der Waals surface area contributed by atoms with Crippen molar-refractivity contribution in [2.24, 2.45) is 5.11 Å². The quantitative estimate of drug-likeness (QED) is 0.503. The molecule has 2 heterocycles. The summed E-state index contributed by atoms with van der Waals surface area (Å²) in [6.07, 6.45) is 1.87. The van der Waals surface area contributed by atoms with Crippen LogP contribution in [0.4, 0.5) is 0 Å². The first-order chi connectivity index (χ1) is 9.06. The lowest BCUT2D eigenvalue weighted by Gasteiger charge is -2.15. The van der Waals surface area contributed by atoms with Crippen molar-refractivity contribution >= 4 is 0 Å². The lowest BCUT2D eigenvalue weighted by molar-refractivity contribution is -0.00417. The highest BCUT2D eigenvalue weighted by Crippen LogP contribution is 2.31. The Morgan fingerprint density at radius 1 is 1.63 bits per heavy atom. The largest absolute Gasteiger partial charge is 0.354 e. The zero-order valence-electron chi connectivity index (χ0n) is 10.7. The molecule has 0 aromatic carbocycles. The Bertz CT molecular complexity index is 628. The molecule has 1 N–H and O–H groups in total. The van der Waals surface area contributed by atoms with Crippen molar-refractivity contribution in [3.05, 3.63) is 43.0 Å². The average Bonchev–Trinajstić information content (AvgIpc) is 2.77. The van der Waals surface area contributed by atoms with E-state index in [4.69, 9.17) is 10.3 Å². The molecule has 0 saturated carbocycles. The van der Waals surface area contributed by atoms with Crippen LogP contribution in [-0.2, 0) is 4.74 Å². The number of nitrogens with one attached hydrogen (secondary N) is 1. The van der Waals surface area contributed by atoms with Gasteiger partial charge >= 0.3 is 5.69 Å². The molecule has 1 aromatic heterocycles. The highest BCUT2D eigenvalue weighted by Gasteiger charge is 2.34. The van der Waals surface area contributed by atoms with Crippen molar-refractivity contribution in [2.75, 3.05) is 0 Å². The lowest BCUT2D eigenvalue weighted by Crippen LogP contribution is -2.33. The van der Waals surface area contributed by atoms with Gasteiger partial charge in [0.25, 0.3) is 5.56 Å². The van der Waals surface area contributed by atoms with Crippen LogP contribution >= 0.6 is 0 Å². The van der Waals surface area contributed by atoms with E-state index in [-0.39, 0.29) is 12.1 Å². The van der Waals surface area contributed by atoms with Gasteiger partial charge in [0.15, 0.2) is 0 Å². The Kier molecular flexibility index (Phi) is 3.73. The van der Waals surface area contributed by atoms with E-state index in [1.807, 2.05) is 6.92 Å². The number of hydrogen-bond donors (Lipinski definition) is 1. The van der Waals surface area contributed by atoms with Gasteiger partial charge in [-0.15, -0.1) is 0 Å². The number of hydrogen-bond acceptors (Lipinski definition) is 4. The van der Waals surface area contributed by atoms with Crippen molar-refractivity contribution in [3.63, 3.8) is 0 Å². The molecule has 1 fully saturated rings. The second kappa shape index (κ2) is 5.29. The first-order valence-electron chi connectivity index (χ1n) is 6.08. The van der Waals surface area contributed by atoms with Crippen molar-refractivity contribution in [1.29, 1.82) is 0 Å². The third-order valence-corrected chi connectivity index (χ3v) is 3.26. The van der Waals surface area contributed by atoms with E-state index in [1.165, 1.54) is 10.8 Å². The van der Waals surface area contributed by atoms with Gasteiger partial charge in [-0.3, -0.25) is 14.3 Å². The van der Waals surface area contributed by atoms with E-state index in [1.54, 1.807) is 6.92 Å². The number of rotatable bonds is 3. The summed E-state index contributed by atoms with van der Waals surface area (Å²) in [6.45, 7) is 3.54. The van der Waals surface area contributed by atoms with Crippen molar-refractivity contribution in [2.45, 2.75) is 45.1 Å². The molecule has 8 heteroatoms. The molecule has 0 unspecified atom stereocenters. The number of aryl methyl sites for hydroxylation is 1. The predicted octanol–water partition coefficient (Wildman–Crippen LogP) is 1.22. The van der Waals surface area contributed by atoms with Gasteiger partial charge in [0.2, 0.25) is 0 Å². The average molecular weight is 265 g/mol. The molecule has 1 saturated heterocycles. The SMILES string of the molecule is CC[C@H]1O[C@@H](n2cc(C)c(=O)[nH]c2=O)C[C@@H]1N=[N+]=[N-]. The van der Waals surface area contributed by atoms with Crippen LogP contribution in [0, 0.1) is 6.92 Å². The number of H-pyrrole nitrogens is 1. The van der Waals surface area contributed by atoms with Crippen molar-refractivity contribution < 1.29 is 4.74 Å². The summed E-state index contributed by atoms with van der Waals surface area (Å²) in [5, 5.41) is 3.69. The van der Waals surface area contributed by atoms with Gasteiger partial charge in [-0.2, -0.15) is 0 Å². The third-order valence-electron chi connectivity index (χ3n) is 3.26. The highest BCUT2D eigenvalue weighted by atomic mass is 16.5. The molecule has 3 atom stereocenters. The molecular formula is C11H15N5O3. The summed E-state index contributed by atoms with van der Waals surface area (Å²) >= 11 is 0. The zero-order chi connectivity index (χ0) is 14.0. The molecule has 1 aliphatic rings. The maximum absolute atomic E-state index is 11.8. The Hall–Kier alpha value is -2.05. The van der Waals surface area contributed by atoms with Crippen LogP contribution in [0.5, 0.6) is 0 Å². The summed E-state index contributed by atoms with van der Waals surface area (Å²) < 4.78 is 7.05. The van der Waals surface area contributed by atoms with Crippen LogP contribution in [0.15, 0.2) is 20.9 Å². The minimum atomic E-state index is -0.517. The number of nitrogens with zero attached hydrogens (tertiary/aromatic N) is 4. The molecule has 1 aliphatic heterocycles. The molecule has 0 radical (unpaired) electrons. The van der Waals surface area contributed by atoms with Gasteiger partial charge in [0.05, 0.1) is 12.1 Å². The minimum Gasteiger partial charge on any atom is -0.354 e. The van der Waals surface area contributed by atoms with Crippen molar-refractivity contribution in [1.82, 2.24) is 9.55 Å². The van der Waals surface area contributed by atoms with Crippen LogP contribution in [-0.4, -0.2) is 21.7 Å². The highest BCUT2D eigenvalue weighted by molar-refractivity contribution is 5.02. The Balaban J connectivity index is 2.34. The Labute approximate surface area is 108 Å². The van der Waals surface area contributed by atoms with Crippen LogP contribution in [0.2, 0.25) is 0 Å². The summed E-state index contributed by atoms with van der Waals surface area (Å²) in [7, 11) is 0. The standard InChI is InChI=1S/C11H15N5O3/c1-3-8-7(14-15-12)4-9(19-8)16-5-6(2)10(17)13-11(16)18/h5,7-9H,3-4H2,1-2H3,(H,13,17,18)/t7-,8+,9+/m0/s1. The number of azide groups is 1. The van der Waals surface area contributed by atoms with Crippen molar-refractivity contribution in [3.8, 4) is 0 Å². The molecule has 0 spiro atoms. The molecule has 0 bridgehead atoms. The Morgan fingerprint density at radius 3 is 3.00 bits per heavy atom. The van der Waals surface area contributed by atoms with Gasteiger partial charge in [0.1, 0.15) is 6.23 Å². The lowest BCUT2D eigenvalue weighted by atomic mass is 10.1. The maximum atomic E-state index is 11.8. The molecule has 102 valence electrons. The second-order valence-corrected chi connectivity index (χ2v) is 4.52. The summed E-state index contributed by atoms with van der Waals surface area (Å²) in [5.41, 5.74) is 8.03. The number of aromatic amines is 1. The van der Waals surface area contributed by atoms with Crippen LogP contribution in [0.1, 0.15) is 31.6 Å². The van der Waals surface area contributed by atoms with E-state index in [0.29, 0.717) is 18.4 Å². The fraction of sp³-hybridized carbons (Fsp3) is 0.636. The third kappa shape index (κ3) is 2.54. The molecule has 19 heavy (non-hydrogen) atoms. The van der Waals surface area contributed by atoms with Gasteiger partial charge in [-0.25, -0.2) is 4.79 Å². The van der Waals surface area contributed by atoms with Crippen LogP contribution < -0.4 is 11.2 Å². The van der Waals surface area contributed by atoms with E-state index >= 15 is 0 Å². The van der Waals surface area contributed by atoms with Gasteiger partial charge < -0.3 is 4.74 Å². The molecule has 0 aliphatic carbocycles. The van der Waals surface area contributed by atoms with E-state index in [2.05, 4.69) is 15.0 Å². The monoisotopic (exact) mass is 265 g/mol. The molecule has 0 amide bonds. The van der Waals surface area contributed by atoms with E-state index < -0.39 is 17.5 Å². The summed E-state index contributed by atoms with van der Waals surface area (Å²) in [6, 6.07) is -0.292. The fourth-order valence-electron chi connectivity index (χ4n) is 2.24. The molecule has 8 nitrogen and oxygen atoms in total. The zero-order valence-corrected chi connectivity index (χ0v) is 10.7. The topological polar surface area (TPSA) is 113 Å². The molecule has 1 aromatic rings. The first-order valence-corrected chi connectivity index (χ1v) is 6.08. The smallest absolute Gasteiger partial charge is 0.330 e. The van der Waals surface area contributed by atoms with Gasteiger partial charge in [-0.1, -0.05) is 12.0 Å². The molecular weight excluding hydrogens is 250 g/mol. The van der Waals surface area contributed by atoms with E-state index in [0.717, 1.165) is 0 Å². The fourth-order valence-corrected chi connectivity index (χ4v) is 2.24. The molecule has 2 rings (SSSR count). The van der Waals surface area contributed by atoms with Gasteiger partial charge in [0, 0.05) is 23.1 Å². The maximum Gasteiger partial charge on any atom is 0.330 e. The second-order valence-electron chi connectivity index (χ2n) is 4.52. The van der Waals surface area contributed by atoms with E-state index in [9.17, 15) is 9.59 Å². The van der Waals surface area contributed by atoms with Gasteiger partial charge in [-0.05, 0) is 18.9 Å². The first kappa shape index (κ1) is 13.4. The Morgan fingerprint density at radius 2 is 2.37 bits per heavy atom. The van der Waals surface area contributed by atoms with Crippen LogP contribution in [0.25, 0.3) is 10.4 Å². The number of ether oxygens (including phenoxy) is 1. The summed E-state index contributed by atoms with van der Waals surface area (Å²) in [5.74, 6) is 0. The predicted molar refractivity (Wildman–Crippen MR) is 67.8 cm³/mol. The van der Waals surface area contributed by atoms with Crippen LogP contribution in [0.3, 0.4) is 0 Å². The summed E-state index contributed by atoms with van der Waals surface area (Å²) in [4.78, 5) is 28.1.